The van der Waals surface area contributed by atoms with Gasteiger partial charge in [-0.1, -0.05) is 30.3 Å². The van der Waals surface area contributed by atoms with Gasteiger partial charge in [-0.25, -0.2) is 8.42 Å². The highest BCUT2D eigenvalue weighted by atomic mass is 32.2. The Balaban J connectivity index is 1.51. The number of nitrogens with one attached hydrogen (secondary N) is 1. The van der Waals surface area contributed by atoms with Crippen LogP contribution in [0.4, 0.5) is 0 Å². The lowest BCUT2D eigenvalue weighted by Gasteiger charge is -2.12. The molecule has 1 atom stereocenters. The summed E-state index contributed by atoms with van der Waals surface area (Å²) in [4.78, 5) is 25.0. The number of hydrogen-bond acceptors (Lipinski definition) is 6. The van der Waals surface area contributed by atoms with E-state index >= 15 is 0 Å². The van der Waals surface area contributed by atoms with Crippen LogP contribution in [0.3, 0.4) is 0 Å². The van der Waals surface area contributed by atoms with Crippen molar-refractivity contribution in [3.8, 4) is 16.9 Å². The predicted octanol–water partition coefficient (Wildman–Crippen LogP) is 2.57. The molecule has 0 saturated carbocycles. The quantitative estimate of drug-likeness (QED) is 0.674. The van der Waals surface area contributed by atoms with Crippen molar-refractivity contribution in [2.24, 2.45) is 0 Å². The first-order chi connectivity index (χ1) is 14.3. The van der Waals surface area contributed by atoms with E-state index in [1.54, 1.807) is 25.1 Å². The topological polar surface area (TPSA) is 103 Å². The Morgan fingerprint density at radius 2 is 1.97 bits per heavy atom. The van der Waals surface area contributed by atoms with Crippen LogP contribution in [0.15, 0.2) is 69.2 Å². The Hall–Kier alpha value is -3.39. The van der Waals surface area contributed by atoms with Gasteiger partial charge >= 0.3 is 0 Å². The minimum Gasteiger partial charge on any atom is -0.484 e. The number of aryl methyl sites for hydroxylation is 1. The summed E-state index contributed by atoms with van der Waals surface area (Å²) in [6.07, 6.45) is 1.44. The lowest BCUT2D eigenvalue weighted by atomic mass is 10.0. The van der Waals surface area contributed by atoms with Gasteiger partial charge < -0.3 is 14.5 Å². The van der Waals surface area contributed by atoms with Crippen LogP contribution in [0.5, 0.6) is 5.75 Å². The molecule has 0 spiro atoms. The lowest BCUT2D eigenvalue weighted by Crippen LogP contribution is -2.38. The van der Waals surface area contributed by atoms with Gasteiger partial charge in [0, 0.05) is 11.5 Å². The van der Waals surface area contributed by atoms with Crippen molar-refractivity contribution in [3.63, 3.8) is 0 Å². The van der Waals surface area contributed by atoms with Crippen LogP contribution in [-0.2, 0) is 14.6 Å². The molecule has 1 N–H and O–H groups in total. The lowest BCUT2D eigenvalue weighted by molar-refractivity contribution is -0.123. The molecular formula is C22H19NO6S. The van der Waals surface area contributed by atoms with Gasteiger partial charge in [0.1, 0.15) is 17.1 Å². The third-order valence-electron chi connectivity index (χ3n) is 4.75. The van der Waals surface area contributed by atoms with Crippen molar-refractivity contribution in [3.05, 3.63) is 76.0 Å². The molecule has 0 unspecified atom stereocenters. The largest absolute Gasteiger partial charge is 0.484 e. The van der Waals surface area contributed by atoms with E-state index in [0.29, 0.717) is 28.0 Å². The first-order valence-electron chi connectivity index (χ1n) is 9.28. The van der Waals surface area contributed by atoms with Crippen LogP contribution in [-0.4, -0.2) is 32.7 Å². The molecule has 1 amide bonds. The van der Waals surface area contributed by atoms with Crippen LogP contribution in [0, 0.1) is 6.92 Å². The molecule has 0 bridgehead atoms. The SMILES string of the molecule is Cc1oc2cc(OCC(=O)N[C@H]3C=CS(=O)(=O)C3)ccc2c(=O)c1-c1ccccc1. The summed E-state index contributed by atoms with van der Waals surface area (Å²) in [6.45, 7) is 1.44. The molecule has 1 aromatic heterocycles. The van der Waals surface area contributed by atoms with Gasteiger partial charge in [0.15, 0.2) is 16.4 Å². The van der Waals surface area contributed by atoms with Gasteiger partial charge in [-0.2, -0.15) is 0 Å². The molecule has 30 heavy (non-hydrogen) atoms. The molecule has 0 radical (unpaired) electrons. The number of fused-ring (bicyclic) bond motifs is 1. The van der Waals surface area contributed by atoms with E-state index in [1.807, 2.05) is 30.3 Å². The van der Waals surface area contributed by atoms with E-state index in [1.165, 1.54) is 6.08 Å². The van der Waals surface area contributed by atoms with Crippen LogP contribution >= 0.6 is 0 Å². The monoisotopic (exact) mass is 425 g/mol. The van der Waals surface area contributed by atoms with E-state index in [-0.39, 0.29) is 17.8 Å². The Morgan fingerprint density at radius 1 is 1.20 bits per heavy atom. The zero-order valence-corrected chi connectivity index (χ0v) is 16.9. The number of carbonyl (C=O) groups is 1. The first kappa shape index (κ1) is 19.9. The summed E-state index contributed by atoms with van der Waals surface area (Å²) in [5, 5.41) is 4.09. The number of carbonyl (C=O) groups excluding carboxylic acids is 1. The fourth-order valence-corrected chi connectivity index (χ4v) is 4.61. The first-order valence-corrected chi connectivity index (χ1v) is 11.0. The number of hydrogen-bond donors (Lipinski definition) is 1. The van der Waals surface area contributed by atoms with Gasteiger partial charge in [0.25, 0.3) is 5.91 Å². The predicted molar refractivity (Wildman–Crippen MR) is 113 cm³/mol. The second-order valence-electron chi connectivity index (χ2n) is 7.01. The normalized spacial score (nSPS) is 17.2. The van der Waals surface area contributed by atoms with Crippen molar-refractivity contribution in [1.29, 1.82) is 0 Å². The highest BCUT2D eigenvalue weighted by Crippen LogP contribution is 2.26. The Bertz CT molecular complexity index is 1310. The highest BCUT2D eigenvalue weighted by molar-refractivity contribution is 7.94. The molecule has 1 aliphatic heterocycles. The summed E-state index contributed by atoms with van der Waals surface area (Å²) in [5.41, 5.74) is 1.51. The Morgan fingerprint density at radius 3 is 2.67 bits per heavy atom. The maximum absolute atomic E-state index is 13.0. The Labute approximate surface area is 172 Å². The van der Waals surface area contributed by atoms with Crippen molar-refractivity contribution in [2.75, 3.05) is 12.4 Å². The zero-order chi connectivity index (χ0) is 21.3. The molecule has 8 heteroatoms. The fourth-order valence-electron chi connectivity index (χ4n) is 3.38. The third kappa shape index (κ3) is 4.13. The number of amides is 1. The molecule has 0 aliphatic carbocycles. The van der Waals surface area contributed by atoms with Gasteiger partial charge in [-0.05, 0) is 30.7 Å². The molecule has 2 aromatic carbocycles. The van der Waals surface area contributed by atoms with Crippen molar-refractivity contribution in [2.45, 2.75) is 13.0 Å². The van der Waals surface area contributed by atoms with E-state index in [4.69, 9.17) is 9.15 Å². The van der Waals surface area contributed by atoms with E-state index < -0.39 is 21.8 Å². The molecule has 7 nitrogen and oxygen atoms in total. The van der Waals surface area contributed by atoms with E-state index in [0.717, 1.165) is 11.0 Å². The summed E-state index contributed by atoms with van der Waals surface area (Å²) in [6, 6.07) is 13.5. The third-order valence-corrected chi connectivity index (χ3v) is 6.14. The van der Waals surface area contributed by atoms with E-state index in [2.05, 4.69) is 5.32 Å². The average molecular weight is 425 g/mol. The zero-order valence-electron chi connectivity index (χ0n) is 16.1. The highest BCUT2D eigenvalue weighted by Gasteiger charge is 2.23. The van der Waals surface area contributed by atoms with Gasteiger partial charge in [-0.3, -0.25) is 9.59 Å². The van der Waals surface area contributed by atoms with E-state index in [9.17, 15) is 18.0 Å². The molecule has 3 aromatic rings. The van der Waals surface area contributed by atoms with Crippen molar-refractivity contribution < 1.29 is 22.4 Å². The summed E-state index contributed by atoms with van der Waals surface area (Å²) in [5.74, 6) is 0.257. The van der Waals surface area contributed by atoms with Crippen molar-refractivity contribution >= 4 is 26.7 Å². The molecule has 0 saturated heterocycles. The van der Waals surface area contributed by atoms with Crippen LogP contribution in [0.25, 0.3) is 22.1 Å². The van der Waals surface area contributed by atoms with Gasteiger partial charge in [0.05, 0.1) is 22.7 Å². The summed E-state index contributed by atoms with van der Waals surface area (Å²) >= 11 is 0. The van der Waals surface area contributed by atoms with Crippen molar-refractivity contribution in [1.82, 2.24) is 5.32 Å². The van der Waals surface area contributed by atoms with Crippen LogP contribution in [0.1, 0.15) is 5.76 Å². The average Bonchev–Trinajstić information content (AvgIpc) is 3.05. The minimum atomic E-state index is -3.24. The molecule has 154 valence electrons. The standard InChI is InChI=1S/C22H19NO6S/c1-14-21(15-5-3-2-4-6-15)22(25)18-8-7-17(11-19(18)29-14)28-12-20(24)23-16-9-10-30(26,27)13-16/h2-11,16H,12-13H2,1H3,(H,23,24)/t16-/m0/s1. The Kier molecular flexibility index (Phi) is 5.17. The molecule has 4 rings (SSSR count). The van der Waals surface area contributed by atoms with Gasteiger partial charge in [-0.15, -0.1) is 0 Å². The summed E-state index contributed by atoms with van der Waals surface area (Å²) < 4.78 is 34.1. The molecular weight excluding hydrogens is 406 g/mol. The molecule has 1 aliphatic rings. The number of benzene rings is 2. The number of rotatable bonds is 5. The maximum atomic E-state index is 13.0. The molecule has 0 fully saturated rings. The minimum absolute atomic E-state index is 0.140. The maximum Gasteiger partial charge on any atom is 0.258 e. The van der Waals surface area contributed by atoms with Crippen LogP contribution in [0.2, 0.25) is 0 Å². The summed E-state index contributed by atoms with van der Waals surface area (Å²) in [7, 11) is -3.24. The smallest absolute Gasteiger partial charge is 0.258 e. The second kappa shape index (κ2) is 7.79. The second-order valence-corrected chi connectivity index (χ2v) is 8.94. The number of sulfone groups is 1. The van der Waals surface area contributed by atoms with Gasteiger partial charge in [0.2, 0.25) is 5.43 Å². The molecule has 2 heterocycles. The fraction of sp³-hybridized carbons (Fsp3) is 0.182. The number of ether oxygens (including phenoxy) is 1. The van der Waals surface area contributed by atoms with Crippen LogP contribution < -0.4 is 15.5 Å².